The number of aryl methyl sites for hydroxylation is 1. The highest BCUT2D eigenvalue weighted by Crippen LogP contribution is 2.28. The van der Waals surface area contributed by atoms with Crippen LogP contribution < -0.4 is 10.6 Å². The molecule has 0 bridgehead atoms. The van der Waals surface area contributed by atoms with Crippen molar-refractivity contribution in [1.29, 1.82) is 0 Å². The van der Waals surface area contributed by atoms with Gasteiger partial charge in [0.1, 0.15) is 0 Å². The smallest absolute Gasteiger partial charge is 0.273 e. The molecule has 1 amide bonds. The van der Waals surface area contributed by atoms with Gasteiger partial charge in [0, 0.05) is 23.5 Å². The molecule has 2 N–H and O–H groups in total. The van der Waals surface area contributed by atoms with E-state index in [1.54, 1.807) is 0 Å². The summed E-state index contributed by atoms with van der Waals surface area (Å²) in [7, 11) is 0. The number of hydrogen-bond donors (Lipinski definition) is 2. The molecule has 0 unspecified atom stereocenters. The van der Waals surface area contributed by atoms with Crippen LogP contribution in [0, 0.1) is 6.92 Å². The van der Waals surface area contributed by atoms with Gasteiger partial charge in [-0.15, -0.1) is 16.4 Å². The fourth-order valence-corrected chi connectivity index (χ4v) is 4.27. The maximum Gasteiger partial charge on any atom is 0.273 e. The largest absolute Gasteiger partial charge is 0.348 e. The van der Waals surface area contributed by atoms with Crippen molar-refractivity contribution in [3.05, 3.63) is 33.8 Å². The van der Waals surface area contributed by atoms with Crippen LogP contribution in [0.2, 0.25) is 0 Å². The molecule has 0 saturated heterocycles. The molecule has 2 aliphatic rings. The van der Waals surface area contributed by atoms with Crippen molar-refractivity contribution in [3.63, 3.8) is 0 Å². The highest BCUT2D eigenvalue weighted by Gasteiger charge is 2.27. The first-order valence-corrected chi connectivity index (χ1v) is 10.1. The van der Waals surface area contributed by atoms with Gasteiger partial charge in [0.25, 0.3) is 5.91 Å². The summed E-state index contributed by atoms with van der Waals surface area (Å²) < 4.78 is 1.89. The second kappa shape index (κ2) is 7.25. The molecule has 4 rings (SSSR count). The molecule has 0 atom stereocenters. The van der Waals surface area contributed by atoms with E-state index in [1.165, 1.54) is 10.4 Å². The molecule has 2 fully saturated rings. The van der Waals surface area contributed by atoms with Gasteiger partial charge in [0.05, 0.1) is 12.2 Å². The van der Waals surface area contributed by atoms with Crippen molar-refractivity contribution >= 4 is 17.2 Å². The van der Waals surface area contributed by atoms with Gasteiger partial charge in [0.2, 0.25) is 0 Å². The first-order chi connectivity index (χ1) is 12.2. The molecule has 2 aromatic heterocycles. The highest BCUT2D eigenvalue weighted by atomic mass is 32.1. The van der Waals surface area contributed by atoms with Gasteiger partial charge in [0.15, 0.2) is 5.69 Å². The summed E-state index contributed by atoms with van der Waals surface area (Å²) in [5.41, 5.74) is 1.83. The van der Waals surface area contributed by atoms with Crippen LogP contribution in [0.1, 0.15) is 65.5 Å². The molecule has 25 heavy (non-hydrogen) atoms. The summed E-state index contributed by atoms with van der Waals surface area (Å²) in [6, 6.07) is 3.46. The molecule has 2 aliphatic carbocycles. The average Bonchev–Trinajstić information content (AvgIpc) is 3.13. The lowest BCUT2D eigenvalue weighted by molar-refractivity contribution is 0.0946. The predicted molar refractivity (Wildman–Crippen MR) is 97.7 cm³/mol. The normalized spacial score (nSPS) is 23.6. The lowest BCUT2D eigenvalue weighted by Gasteiger charge is -2.29. The Kier molecular flexibility index (Phi) is 4.85. The zero-order valence-corrected chi connectivity index (χ0v) is 15.4. The average molecular weight is 359 g/mol. The third kappa shape index (κ3) is 4.10. The van der Waals surface area contributed by atoms with Crippen LogP contribution in [0.4, 0.5) is 0 Å². The van der Waals surface area contributed by atoms with Gasteiger partial charge in [-0.05, 0) is 62.5 Å². The van der Waals surface area contributed by atoms with Gasteiger partial charge in [-0.25, -0.2) is 4.68 Å². The van der Waals surface area contributed by atoms with Crippen LogP contribution >= 0.6 is 11.3 Å². The third-order valence-electron chi connectivity index (χ3n) is 5.25. The zero-order chi connectivity index (χ0) is 17.2. The van der Waals surface area contributed by atoms with Crippen molar-refractivity contribution in [2.75, 3.05) is 0 Å². The number of thiophene rings is 1. The quantitative estimate of drug-likeness (QED) is 0.832. The van der Waals surface area contributed by atoms with Crippen molar-refractivity contribution in [3.8, 4) is 0 Å². The van der Waals surface area contributed by atoms with Crippen LogP contribution in [-0.2, 0) is 6.54 Å². The second-order valence-corrected chi connectivity index (χ2v) is 8.25. The fourth-order valence-electron chi connectivity index (χ4n) is 3.41. The Morgan fingerprint density at radius 3 is 2.68 bits per heavy atom. The first kappa shape index (κ1) is 16.7. The number of rotatable bonds is 6. The number of amides is 1. The Balaban J connectivity index is 1.26. The molecular weight excluding hydrogens is 334 g/mol. The number of nitrogens with zero attached hydrogens (tertiary/aromatic N) is 3. The predicted octanol–water partition coefficient (Wildman–Crippen LogP) is 2.81. The fraction of sp³-hybridized carbons (Fsp3) is 0.611. The number of nitrogens with one attached hydrogen (secondary N) is 2. The minimum atomic E-state index is -0.0876. The minimum absolute atomic E-state index is 0.0876. The van der Waals surface area contributed by atoms with E-state index in [4.69, 9.17) is 0 Å². The van der Waals surface area contributed by atoms with Crippen LogP contribution in [-0.4, -0.2) is 33.0 Å². The maximum atomic E-state index is 12.0. The van der Waals surface area contributed by atoms with E-state index in [9.17, 15) is 4.79 Å². The first-order valence-electron chi connectivity index (χ1n) is 9.18. The summed E-state index contributed by atoms with van der Waals surface area (Å²) in [6.45, 7) is 3.14. The Hall–Kier alpha value is -1.73. The maximum absolute atomic E-state index is 12.0. The summed E-state index contributed by atoms with van der Waals surface area (Å²) in [6.07, 6.45) is 8.41. The minimum Gasteiger partial charge on any atom is -0.348 e. The molecule has 0 aliphatic heterocycles. The summed E-state index contributed by atoms with van der Waals surface area (Å²) in [5.74, 6) is -0.0876. The van der Waals surface area contributed by atoms with E-state index < -0.39 is 0 Å². The summed E-state index contributed by atoms with van der Waals surface area (Å²) >= 11 is 1.83. The molecule has 0 aromatic carbocycles. The van der Waals surface area contributed by atoms with Gasteiger partial charge in [-0.3, -0.25) is 4.79 Å². The van der Waals surface area contributed by atoms with Crippen molar-refractivity contribution < 1.29 is 4.79 Å². The van der Waals surface area contributed by atoms with Gasteiger partial charge < -0.3 is 10.6 Å². The Labute approximate surface area is 152 Å². The van der Waals surface area contributed by atoms with Crippen molar-refractivity contribution in [1.82, 2.24) is 25.6 Å². The summed E-state index contributed by atoms with van der Waals surface area (Å²) in [4.78, 5) is 13.5. The van der Waals surface area contributed by atoms with Gasteiger partial charge in [-0.2, -0.15) is 0 Å². The standard InChI is InChI=1S/C18H25N5OS/c1-12-8-9-25-17(12)10-19-13-4-6-15(7-5-13)23-11-16(21-22-23)18(24)20-14-2-3-14/h8-9,11,13-15,19H,2-7,10H2,1H3,(H,20,24). The van der Waals surface area contributed by atoms with Crippen LogP contribution in [0.3, 0.4) is 0 Å². The lowest BCUT2D eigenvalue weighted by Crippen LogP contribution is -2.33. The van der Waals surface area contributed by atoms with Crippen LogP contribution in [0.15, 0.2) is 17.6 Å². The monoisotopic (exact) mass is 359 g/mol. The number of aromatic nitrogens is 3. The van der Waals surface area contributed by atoms with Crippen molar-refractivity contribution in [2.45, 2.75) is 70.1 Å². The molecular formula is C18H25N5OS. The molecule has 134 valence electrons. The third-order valence-corrected chi connectivity index (χ3v) is 6.27. The topological polar surface area (TPSA) is 71.8 Å². The number of carbonyl (C=O) groups excluding carboxylic acids is 1. The second-order valence-electron chi connectivity index (χ2n) is 7.24. The SMILES string of the molecule is Cc1ccsc1CNC1CCC(n2cc(C(=O)NC3CC3)nn2)CC1. The van der Waals surface area contributed by atoms with Crippen molar-refractivity contribution in [2.24, 2.45) is 0 Å². The van der Waals surface area contributed by atoms with E-state index >= 15 is 0 Å². The lowest BCUT2D eigenvalue weighted by atomic mass is 9.91. The van der Waals surface area contributed by atoms with E-state index in [2.05, 4.69) is 39.3 Å². The van der Waals surface area contributed by atoms with Gasteiger partial charge in [-0.1, -0.05) is 5.21 Å². The number of carbonyl (C=O) groups is 1. The molecule has 7 heteroatoms. The van der Waals surface area contributed by atoms with Crippen LogP contribution in [0.25, 0.3) is 0 Å². The van der Waals surface area contributed by atoms with E-state index in [1.807, 2.05) is 22.2 Å². The van der Waals surface area contributed by atoms with Crippen LogP contribution in [0.5, 0.6) is 0 Å². The Morgan fingerprint density at radius 1 is 1.24 bits per heavy atom. The molecule has 6 nitrogen and oxygen atoms in total. The zero-order valence-electron chi connectivity index (χ0n) is 14.6. The molecule has 0 spiro atoms. The van der Waals surface area contributed by atoms with E-state index in [0.29, 0.717) is 23.8 Å². The molecule has 2 aromatic rings. The summed E-state index contributed by atoms with van der Waals surface area (Å²) in [5, 5.41) is 17.1. The van der Waals surface area contributed by atoms with E-state index in [-0.39, 0.29) is 5.91 Å². The van der Waals surface area contributed by atoms with Gasteiger partial charge >= 0.3 is 0 Å². The Morgan fingerprint density at radius 2 is 2.00 bits per heavy atom. The molecule has 0 radical (unpaired) electrons. The molecule has 2 heterocycles. The number of hydrogen-bond acceptors (Lipinski definition) is 5. The Bertz CT molecular complexity index is 727. The highest BCUT2D eigenvalue weighted by molar-refractivity contribution is 7.10. The van der Waals surface area contributed by atoms with E-state index in [0.717, 1.165) is 45.1 Å². The molecule has 2 saturated carbocycles.